The van der Waals surface area contributed by atoms with Gasteiger partial charge in [-0.1, -0.05) is 20.8 Å². The fraction of sp³-hybridized carbons (Fsp3) is 0.824. The topological polar surface area (TPSA) is 33.1 Å². The van der Waals surface area contributed by atoms with Gasteiger partial charge in [0.25, 0.3) is 0 Å². The molecule has 21 heavy (non-hydrogen) atoms. The Morgan fingerprint density at radius 2 is 1.90 bits per heavy atom. The van der Waals surface area contributed by atoms with Crippen molar-refractivity contribution in [1.82, 2.24) is 20.0 Å². The van der Waals surface area contributed by atoms with Crippen LogP contribution in [0, 0.1) is 0 Å². The minimum Gasteiger partial charge on any atom is -0.315 e. The molecule has 2 unspecified atom stereocenters. The minimum absolute atomic E-state index is 0.175. The number of rotatable bonds is 9. The Kier molecular flexibility index (Phi) is 6.88. The molecule has 0 amide bonds. The van der Waals surface area contributed by atoms with Gasteiger partial charge in [-0.05, 0) is 53.4 Å². The van der Waals surface area contributed by atoms with E-state index in [4.69, 9.17) is 5.10 Å². The summed E-state index contributed by atoms with van der Waals surface area (Å²) >= 11 is 0. The second kappa shape index (κ2) is 7.95. The van der Waals surface area contributed by atoms with E-state index < -0.39 is 0 Å². The van der Waals surface area contributed by atoms with Gasteiger partial charge in [0, 0.05) is 30.2 Å². The number of likely N-dealkylation sites (N-methyl/N-ethyl adjacent to an activating group) is 2. The first-order chi connectivity index (χ1) is 9.94. The summed E-state index contributed by atoms with van der Waals surface area (Å²) in [5.74, 6) is 0. The Morgan fingerprint density at radius 3 is 2.33 bits per heavy atom. The van der Waals surface area contributed by atoms with Crippen molar-refractivity contribution in [3.05, 3.63) is 18.0 Å². The van der Waals surface area contributed by atoms with E-state index >= 15 is 0 Å². The monoisotopic (exact) mass is 294 g/mol. The lowest BCUT2D eigenvalue weighted by atomic mass is 9.81. The zero-order valence-electron chi connectivity index (χ0n) is 15.0. The predicted octanol–water partition coefficient (Wildman–Crippen LogP) is 3.11. The minimum atomic E-state index is 0.175. The van der Waals surface area contributed by atoms with E-state index in [1.807, 2.05) is 0 Å². The van der Waals surface area contributed by atoms with Gasteiger partial charge in [-0.25, -0.2) is 0 Å². The Labute approximate surface area is 130 Å². The second-order valence-electron chi connectivity index (χ2n) is 6.29. The molecule has 1 heterocycles. The van der Waals surface area contributed by atoms with E-state index in [-0.39, 0.29) is 5.54 Å². The van der Waals surface area contributed by atoms with Gasteiger partial charge in [0.15, 0.2) is 0 Å². The van der Waals surface area contributed by atoms with Crippen LogP contribution in [0.15, 0.2) is 12.3 Å². The highest BCUT2D eigenvalue weighted by molar-refractivity contribution is 5.08. The highest BCUT2D eigenvalue weighted by Gasteiger charge is 2.37. The summed E-state index contributed by atoms with van der Waals surface area (Å²) in [6.07, 6.45) is 6.47. The molecule has 0 saturated carbocycles. The molecule has 1 aromatic heterocycles. The lowest BCUT2D eigenvalue weighted by Crippen LogP contribution is -2.58. The molecule has 2 atom stereocenters. The van der Waals surface area contributed by atoms with Crippen LogP contribution in [-0.2, 0) is 6.42 Å². The average molecular weight is 294 g/mol. The predicted molar refractivity (Wildman–Crippen MR) is 90.8 cm³/mol. The largest absolute Gasteiger partial charge is 0.315 e. The van der Waals surface area contributed by atoms with Crippen LogP contribution in [0.25, 0.3) is 0 Å². The molecule has 0 aliphatic heterocycles. The molecule has 122 valence electrons. The van der Waals surface area contributed by atoms with Crippen LogP contribution in [0.1, 0.15) is 58.7 Å². The van der Waals surface area contributed by atoms with Crippen LogP contribution in [0.3, 0.4) is 0 Å². The first-order valence-electron chi connectivity index (χ1n) is 8.33. The molecule has 0 radical (unpaired) electrons. The third-order valence-corrected chi connectivity index (χ3v) is 5.23. The van der Waals surface area contributed by atoms with Gasteiger partial charge in [0.2, 0.25) is 0 Å². The SMILES string of the molecule is CCC(C)n1ccc(CC(NC)C(CC)(CC)N(C)C)n1. The first-order valence-corrected chi connectivity index (χ1v) is 8.33. The normalized spacial score (nSPS) is 15.4. The molecule has 0 fully saturated rings. The molecule has 0 saturated heterocycles. The Hall–Kier alpha value is -0.870. The molecule has 4 nitrogen and oxygen atoms in total. The van der Waals surface area contributed by atoms with E-state index in [0.717, 1.165) is 25.7 Å². The second-order valence-corrected chi connectivity index (χ2v) is 6.29. The molecular weight excluding hydrogens is 260 g/mol. The van der Waals surface area contributed by atoms with Gasteiger partial charge >= 0.3 is 0 Å². The highest BCUT2D eigenvalue weighted by atomic mass is 15.3. The molecule has 0 spiro atoms. The van der Waals surface area contributed by atoms with Crippen molar-refractivity contribution in [3.63, 3.8) is 0 Å². The molecule has 0 aliphatic rings. The number of aromatic nitrogens is 2. The van der Waals surface area contributed by atoms with E-state index in [9.17, 15) is 0 Å². The molecule has 0 aromatic carbocycles. The van der Waals surface area contributed by atoms with Crippen LogP contribution < -0.4 is 5.32 Å². The van der Waals surface area contributed by atoms with E-state index in [1.54, 1.807) is 0 Å². The number of hydrogen-bond donors (Lipinski definition) is 1. The van der Waals surface area contributed by atoms with Gasteiger partial charge in [-0.15, -0.1) is 0 Å². The summed E-state index contributed by atoms with van der Waals surface area (Å²) in [5, 5.41) is 8.30. The van der Waals surface area contributed by atoms with Crippen LogP contribution in [0.2, 0.25) is 0 Å². The van der Waals surface area contributed by atoms with E-state index in [2.05, 4.69) is 76.0 Å². The van der Waals surface area contributed by atoms with Crippen molar-refractivity contribution in [2.45, 2.75) is 71.0 Å². The molecule has 1 N–H and O–H groups in total. The Balaban J connectivity index is 2.93. The summed E-state index contributed by atoms with van der Waals surface area (Å²) in [7, 11) is 6.45. The lowest BCUT2D eigenvalue weighted by molar-refractivity contribution is 0.0912. The van der Waals surface area contributed by atoms with Gasteiger partial charge in [-0.3, -0.25) is 4.68 Å². The van der Waals surface area contributed by atoms with Crippen molar-refractivity contribution < 1.29 is 0 Å². The van der Waals surface area contributed by atoms with Crippen molar-refractivity contribution in [3.8, 4) is 0 Å². The van der Waals surface area contributed by atoms with Crippen LogP contribution in [0.4, 0.5) is 0 Å². The van der Waals surface area contributed by atoms with Gasteiger partial charge in [0.1, 0.15) is 0 Å². The number of nitrogens with one attached hydrogen (secondary N) is 1. The summed E-state index contributed by atoms with van der Waals surface area (Å²) in [4.78, 5) is 2.37. The number of hydrogen-bond acceptors (Lipinski definition) is 3. The summed E-state index contributed by atoms with van der Waals surface area (Å²) in [5.41, 5.74) is 1.36. The van der Waals surface area contributed by atoms with Gasteiger partial charge < -0.3 is 10.2 Å². The first kappa shape index (κ1) is 18.2. The third-order valence-electron chi connectivity index (χ3n) is 5.23. The van der Waals surface area contributed by atoms with Crippen LogP contribution >= 0.6 is 0 Å². The Morgan fingerprint density at radius 1 is 1.29 bits per heavy atom. The zero-order chi connectivity index (χ0) is 16.0. The maximum Gasteiger partial charge on any atom is 0.0640 e. The van der Waals surface area contributed by atoms with E-state index in [0.29, 0.717) is 12.1 Å². The molecule has 1 aromatic rings. The smallest absolute Gasteiger partial charge is 0.0640 e. The molecule has 0 bridgehead atoms. The number of nitrogens with zero attached hydrogens (tertiary/aromatic N) is 3. The summed E-state index contributed by atoms with van der Waals surface area (Å²) in [6, 6.07) is 3.05. The van der Waals surface area contributed by atoms with Gasteiger partial charge in [-0.2, -0.15) is 5.10 Å². The van der Waals surface area contributed by atoms with Crippen molar-refractivity contribution in [1.29, 1.82) is 0 Å². The van der Waals surface area contributed by atoms with Crippen LogP contribution in [0.5, 0.6) is 0 Å². The van der Waals surface area contributed by atoms with Crippen LogP contribution in [-0.4, -0.2) is 47.4 Å². The molecule has 0 aliphatic carbocycles. The third kappa shape index (κ3) is 3.86. The molecule has 4 heteroatoms. The zero-order valence-corrected chi connectivity index (χ0v) is 15.0. The maximum absolute atomic E-state index is 4.77. The average Bonchev–Trinajstić information content (AvgIpc) is 2.95. The van der Waals surface area contributed by atoms with Crippen molar-refractivity contribution in [2.24, 2.45) is 0 Å². The fourth-order valence-electron chi connectivity index (χ4n) is 3.38. The molecule has 1 rings (SSSR count). The fourth-order valence-corrected chi connectivity index (χ4v) is 3.38. The van der Waals surface area contributed by atoms with Crippen molar-refractivity contribution in [2.75, 3.05) is 21.1 Å². The highest BCUT2D eigenvalue weighted by Crippen LogP contribution is 2.27. The summed E-state index contributed by atoms with van der Waals surface area (Å²) < 4.78 is 2.09. The standard InChI is InChI=1S/C17H34N4/c1-8-14(4)21-12-11-15(19-21)13-16(18-5)17(9-2,10-3)20(6)7/h11-12,14,16,18H,8-10,13H2,1-7H3. The lowest BCUT2D eigenvalue weighted by Gasteiger charge is -2.45. The quantitative estimate of drug-likeness (QED) is 0.759. The summed E-state index contributed by atoms with van der Waals surface area (Å²) in [6.45, 7) is 8.99. The maximum atomic E-state index is 4.77. The Bertz CT molecular complexity index is 407. The van der Waals surface area contributed by atoms with Gasteiger partial charge in [0.05, 0.1) is 5.69 Å². The van der Waals surface area contributed by atoms with E-state index in [1.165, 1.54) is 5.69 Å². The van der Waals surface area contributed by atoms with Crippen molar-refractivity contribution >= 4 is 0 Å². The molecular formula is C17H34N4.